The number of nitrogens with zero attached hydrogens (tertiary/aromatic N) is 3. The number of rotatable bonds is 5. The van der Waals surface area contributed by atoms with Crippen molar-refractivity contribution in [2.45, 2.75) is 57.0 Å². The zero-order chi connectivity index (χ0) is 21.5. The van der Waals surface area contributed by atoms with Gasteiger partial charge in [0.15, 0.2) is 0 Å². The number of fused-ring (bicyclic) bond motifs is 1. The lowest BCUT2D eigenvalue weighted by atomic mass is 9.96. The van der Waals surface area contributed by atoms with Crippen LogP contribution in [0.25, 0.3) is 0 Å². The van der Waals surface area contributed by atoms with E-state index in [0.717, 1.165) is 47.0 Å². The smallest absolute Gasteiger partial charge is 0.257 e. The lowest BCUT2D eigenvalue weighted by molar-refractivity contribution is 0.0713. The van der Waals surface area contributed by atoms with Gasteiger partial charge in [-0.05, 0) is 58.2 Å². The number of aryl methyl sites for hydroxylation is 2. The Bertz CT molecular complexity index is 1030. The first-order valence-corrected chi connectivity index (χ1v) is 11.8. The van der Waals surface area contributed by atoms with Crippen LogP contribution in [-0.2, 0) is 16.4 Å². The van der Waals surface area contributed by atoms with Gasteiger partial charge in [0.05, 0.1) is 32.1 Å². The molecule has 158 valence electrons. The van der Waals surface area contributed by atoms with Crippen LogP contribution in [0.2, 0.25) is 0 Å². The predicted octanol–water partition coefficient (Wildman–Crippen LogP) is 3.77. The highest BCUT2D eigenvalue weighted by atomic mass is 32.2. The maximum Gasteiger partial charge on any atom is 0.257 e. The average molecular weight is 440 g/mol. The molecule has 1 heterocycles. The number of carbonyl (C=O) groups is 1. The van der Waals surface area contributed by atoms with E-state index in [2.05, 4.69) is 4.98 Å². The molecular formula is C20H26FN3O3S2. The number of hydrogen-bond acceptors (Lipinski definition) is 5. The Morgan fingerprint density at radius 2 is 2.00 bits per heavy atom. The summed E-state index contributed by atoms with van der Waals surface area (Å²) < 4.78 is 41.3. The number of aromatic nitrogens is 1. The second-order valence-electron chi connectivity index (χ2n) is 7.62. The summed E-state index contributed by atoms with van der Waals surface area (Å²) in [4.78, 5) is 20.1. The van der Waals surface area contributed by atoms with Crippen LogP contribution in [-0.4, -0.2) is 48.7 Å². The molecule has 0 bridgehead atoms. The van der Waals surface area contributed by atoms with Crippen molar-refractivity contribution >= 4 is 27.3 Å². The van der Waals surface area contributed by atoms with Crippen LogP contribution in [0.15, 0.2) is 23.1 Å². The van der Waals surface area contributed by atoms with Gasteiger partial charge in [-0.25, -0.2) is 17.8 Å². The first-order valence-electron chi connectivity index (χ1n) is 9.55. The molecule has 6 nitrogen and oxygen atoms in total. The molecule has 2 aromatic rings. The minimum absolute atomic E-state index is 0.0928. The van der Waals surface area contributed by atoms with E-state index in [0.29, 0.717) is 0 Å². The fourth-order valence-electron chi connectivity index (χ4n) is 3.49. The lowest BCUT2D eigenvalue weighted by Gasteiger charge is -2.31. The van der Waals surface area contributed by atoms with Crippen LogP contribution in [0.1, 0.15) is 58.7 Å². The minimum Gasteiger partial charge on any atom is -0.334 e. The Morgan fingerprint density at radius 3 is 2.66 bits per heavy atom. The van der Waals surface area contributed by atoms with E-state index in [1.165, 1.54) is 22.3 Å². The molecule has 0 spiro atoms. The molecule has 0 N–H and O–H groups in total. The summed E-state index contributed by atoms with van der Waals surface area (Å²) in [7, 11) is -0.717. The molecule has 0 aliphatic heterocycles. The SMILES string of the molecule is Cc1nc2c(s1)C(N(C)C(=O)c1cc(S(=O)(=O)N(C)C(C)C)ccc1F)CCC2. The van der Waals surface area contributed by atoms with E-state index in [1.54, 1.807) is 32.2 Å². The number of hydrogen-bond donors (Lipinski definition) is 0. The highest BCUT2D eigenvalue weighted by Gasteiger charge is 2.32. The third kappa shape index (κ3) is 4.08. The average Bonchev–Trinajstić information content (AvgIpc) is 3.06. The molecule has 1 aromatic heterocycles. The van der Waals surface area contributed by atoms with E-state index in [9.17, 15) is 17.6 Å². The van der Waals surface area contributed by atoms with Gasteiger partial charge in [-0.1, -0.05) is 0 Å². The van der Waals surface area contributed by atoms with Gasteiger partial charge in [-0.3, -0.25) is 4.79 Å². The molecule has 1 aliphatic carbocycles. The third-order valence-electron chi connectivity index (χ3n) is 5.39. The molecule has 3 rings (SSSR count). The van der Waals surface area contributed by atoms with Gasteiger partial charge >= 0.3 is 0 Å². The molecule has 9 heteroatoms. The van der Waals surface area contributed by atoms with Crippen molar-refractivity contribution in [2.75, 3.05) is 14.1 Å². The highest BCUT2D eigenvalue weighted by Crippen LogP contribution is 2.38. The zero-order valence-corrected chi connectivity index (χ0v) is 18.9. The van der Waals surface area contributed by atoms with Crippen molar-refractivity contribution in [3.05, 3.63) is 45.2 Å². The van der Waals surface area contributed by atoms with E-state index >= 15 is 0 Å². The zero-order valence-electron chi connectivity index (χ0n) is 17.3. The molecule has 1 atom stereocenters. The minimum atomic E-state index is -3.82. The van der Waals surface area contributed by atoms with Gasteiger partial charge in [-0.15, -0.1) is 11.3 Å². The van der Waals surface area contributed by atoms with E-state index in [-0.39, 0.29) is 22.5 Å². The van der Waals surface area contributed by atoms with Gasteiger partial charge in [-0.2, -0.15) is 4.31 Å². The van der Waals surface area contributed by atoms with E-state index < -0.39 is 21.7 Å². The normalized spacial score (nSPS) is 16.9. The second kappa shape index (κ2) is 8.12. The van der Waals surface area contributed by atoms with Gasteiger partial charge in [0.1, 0.15) is 5.82 Å². The maximum atomic E-state index is 14.5. The van der Waals surface area contributed by atoms with Crippen LogP contribution < -0.4 is 0 Å². The van der Waals surface area contributed by atoms with Crippen LogP contribution in [0.3, 0.4) is 0 Å². The lowest BCUT2D eigenvalue weighted by Crippen LogP contribution is -2.34. The van der Waals surface area contributed by atoms with Crippen LogP contribution in [0.5, 0.6) is 0 Å². The van der Waals surface area contributed by atoms with Gasteiger partial charge in [0.25, 0.3) is 5.91 Å². The first kappa shape index (κ1) is 21.9. The number of halogens is 1. The molecule has 1 amide bonds. The van der Waals surface area contributed by atoms with Gasteiger partial charge < -0.3 is 4.90 Å². The highest BCUT2D eigenvalue weighted by molar-refractivity contribution is 7.89. The summed E-state index contributed by atoms with van der Waals surface area (Å²) >= 11 is 1.56. The topological polar surface area (TPSA) is 70.6 Å². The molecule has 0 radical (unpaired) electrons. The molecule has 1 aromatic carbocycles. The standard InChI is InChI=1S/C20H26FN3O3S2/c1-12(2)24(5)29(26,27)14-9-10-16(21)15(11-14)20(25)23(4)18-8-6-7-17-19(18)28-13(3)22-17/h9-12,18H,6-8H2,1-5H3. The van der Waals surface area contributed by atoms with Gasteiger partial charge in [0, 0.05) is 20.1 Å². The van der Waals surface area contributed by atoms with Crippen molar-refractivity contribution in [3.63, 3.8) is 0 Å². The molecular weight excluding hydrogens is 413 g/mol. The summed E-state index contributed by atoms with van der Waals surface area (Å²) in [6.07, 6.45) is 2.54. The Kier molecular flexibility index (Phi) is 6.12. The number of benzene rings is 1. The Labute approximate surface area is 175 Å². The van der Waals surface area contributed by atoms with Crippen molar-refractivity contribution in [2.24, 2.45) is 0 Å². The predicted molar refractivity (Wildman–Crippen MR) is 111 cm³/mol. The van der Waals surface area contributed by atoms with Crippen LogP contribution in [0.4, 0.5) is 4.39 Å². The monoisotopic (exact) mass is 439 g/mol. The molecule has 1 unspecified atom stereocenters. The van der Waals surface area contributed by atoms with Crippen molar-refractivity contribution in [1.29, 1.82) is 0 Å². The molecule has 29 heavy (non-hydrogen) atoms. The Morgan fingerprint density at radius 1 is 1.31 bits per heavy atom. The summed E-state index contributed by atoms with van der Waals surface area (Å²) in [6.45, 7) is 5.43. The quantitative estimate of drug-likeness (QED) is 0.711. The summed E-state index contributed by atoms with van der Waals surface area (Å²) in [5, 5.41) is 0.943. The summed E-state index contributed by atoms with van der Waals surface area (Å²) in [5.74, 6) is -1.26. The number of thiazole rings is 1. The van der Waals surface area contributed by atoms with E-state index in [4.69, 9.17) is 0 Å². The largest absolute Gasteiger partial charge is 0.334 e. The number of carbonyl (C=O) groups excluding carboxylic acids is 1. The number of amides is 1. The van der Waals surface area contributed by atoms with Crippen LogP contribution in [0, 0.1) is 12.7 Å². The maximum absolute atomic E-state index is 14.5. The van der Waals surface area contributed by atoms with Crippen molar-refractivity contribution in [1.82, 2.24) is 14.2 Å². The van der Waals surface area contributed by atoms with Gasteiger partial charge in [0.2, 0.25) is 10.0 Å². The molecule has 0 saturated carbocycles. The van der Waals surface area contributed by atoms with Crippen molar-refractivity contribution in [3.8, 4) is 0 Å². The molecule has 0 fully saturated rings. The first-order chi connectivity index (χ1) is 13.5. The summed E-state index contributed by atoms with van der Waals surface area (Å²) in [6, 6.07) is 2.94. The number of sulfonamides is 1. The molecule has 0 saturated heterocycles. The fraction of sp³-hybridized carbons (Fsp3) is 0.500. The fourth-order valence-corrected chi connectivity index (χ4v) is 6.04. The third-order valence-corrected chi connectivity index (χ3v) is 8.53. The van der Waals surface area contributed by atoms with E-state index in [1.807, 2.05) is 6.92 Å². The summed E-state index contributed by atoms with van der Waals surface area (Å²) in [5.41, 5.74) is 0.762. The van der Waals surface area contributed by atoms with Crippen molar-refractivity contribution < 1.29 is 17.6 Å². The molecule has 1 aliphatic rings. The second-order valence-corrected chi connectivity index (χ2v) is 10.9. The van der Waals surface area contributed by atoms with Crippen LogP contribution >= 0.6 is 11.3 Å². The Balaban J connectivity index is 1.96. The Hall–Kier alpha value is -1.84.